The molecule has 0 bridgehead atoms. The summed E-state index contributed by atoms with van der Waals surface area (Å²) in [6, 6.07) is 8.80. The lowest BCUT2D eigenvalue weighted by atomic mass is 10.0. The van der Waals surface area contributed by atoms with Gasteiger partial charge in [-0.25, -0.2) is 27.7 Å². The van der Waals surface area contributed by atoms with E-state index in [2.05, 4.69) is 4.98 Å². The van der Waals surface area contributed by atoms with Gasteiger partial charge in [0, 0.05) is 23.7 Å². The van der Waals surface area contributed by atoms with Crippen LogP contribution in [0.2, 0.25) is 0 Å². The van der Waals surface area contributed by atoms with Crippen molar-refractivity contribution in [2.24, 2.45) is 5.14 Å². The highest BCUT2D eigenvalue weighted by Crippen LogP contribution is 2.42. The number of rotatable bonds is 5. The normalized spacial score (nSPS) is 15.1. The largest absolute Gasteiger partial charge is 0.446 e. The van der Waals surface area contributed by atoms with Crippen molar-refractivity contribution in [3.05, 3.63) is 54.0 Å². The predicted molar refractivity (Wildman–Crippen MR) is 127 cm³/mol. The van der Waals surface area contributed by atoms with Crippen LogP contribution in [0.4, 0.5) is 33.2 Å². The van der Waals surface area contributed by atoms with Crippen molar-refractivity contribution in [2.45, 2.75) is 28.0 Å². The predicted octanol–water partition coefficient (Wildman–Crippen LogP) is 5.35. The number of thiazole rings is 1. The molecular formula is C21H18F4N4O3S3. The number of nitrogens with two attached hydrogens (primary N) is 1. The molecule has 35 heavy (non-hydrogen) atoms. The molecule has 1 aliphatic rings. The smallest absolute Gasteiger partial charge is 0.294 e. The number of carbonyl (C=O) groups excluding carboxylic acids is 1. The van der Waals surface area contributed by atoms with Crippen LogP contribution >= 0.6 is 23.1 Å². The van der Waals surface area contributed by atoms with Crippen molar-refractivity contribution in [3.63, 3.8) is 0 Å². The van der Waals surface area contributed by atoms with Crippen LogP contribution in [0.15, 0.2) is 51.6 Å². The lowest BCUT2D eigenvalue weighted by Gasteiger charge is -2.34. The van der Waals surface area contributed by atoms with E-state index in [1.807, 2.05) is 0 Å². The molecule has 0 radical (unpaired) electrons. The lowest BCUT2D eigenvalue weighted by molar-refractivity contribution is -0.0328. The standard InChI is InChI=1S/C21H18F4N4O3S3/c1-12-18(35(26,31)32)33-19(27-12)29-10-2-9-28(20(29)30)15-6-3-13(4-7-15)16-11-14(22)5-8-17(16)34-21(23,24)25/h3-8,11H,2,9-10H2,1H3,(H2,26,31,32). The Morgan fingerprint density at radius 2 is 1.74 bits per heavy atom. The molecular weight excluding hydrogens is 528 g/mol. The molecule has 2 heterocycles. The molecule has 186 valence electrons. The molecule has 4 rings (SSSR count). The molecule has 2 N–H and O–H groups in total. The Balaban J connectivity index is 1.61. The monoisotopic (exact) mass is 546 g/mol. The van der Waals surface area contributed by atoms with Crippen LogP contribution in [-0.4, -0.2) is 38.0 Å². The van der Waals surface area contributed by atoms with Crippen LogP contribution in [0.1, 0.15) is 12.1 Å². The van der Waals surface area contributed by atoms with Crippen molar-refractivity contribution in [2.75, 3.05) is 22.9 Å². The van der Waals surface area contributed by atoms with Gasteiger partial charge in [0.25, 0.3) is 0 Å². The second kappa shape index (κ2) is 9.41. The van der Waals surface area contributed by atoms with E-state index < -0.39 is 27.4 Å². The van der Waals surface area contributed by atoms with Crippen molar-refractivity contribution in [1.82, 2.24) is 4.98 Å². The summed E-state index contributed by atoms with van der Waals surface area (Å²) in [4.78, 5) is 20.0. The molecule has 0 atom stereocenters. The second-order valence-electron chi connectivity index (χ2n) is 7.59. The molecule has 1 aromatic heterocycles. The van der Waals surface area contributed by atoms with Gasteiger partial charge in [-0.05, 0) is 66.6 Å². The highest BCUT2D eigenvalue weighted by Gasteiger charge is 2.32. The molecule has 0 saturated carbocycles. The Morgan fingerprint density at radius 1 is 1.09 bits per heavy atom. The van der Waals surface area contributed by atoms with E-state index in [4.69, 9.17) is 5.14 Å². The minimum Gasteiger partial charge on any atom is -0.294 e. The van der Waals surface area contributed by atoms with Crippen molar-refractivity contribution in [3.8, 4) is 11.1 Å². The van der Waals surface area contributed by atoms with Gasteiger partial charge in [-0.3, -0.25) is 9.80 Å². The van der Waals surface area contributed by atoms with Crippen LogP contribution < -0.4 is 14.9 Å². The number of carbonyl (C=O) groups is 1. The van der Waals surface area contributed by atoms with Crippen LogP contribution in [0.3, 0.4) is 0 Å². The molecule has 2 amide bonds. The van der Waals surface area contributed by atoms with Gasteiger partial charge in [0.15, 0.2) is 9.34 Å². The van der Waals surface area contributed by atoms with Crippen molar-refractivity contribution >= 4 is 50.0 Å². The third kappa shape index (κ3) is 5.60. The van der Waals surface area contributed by atoms with Crippen molar-refractivity contribution < 1.29 is 30.8 Å². The van der Waals surface area contributed by atoms with Gasteiger partial charge in [-0.2, -0.15) is 13.2 Å². The maximum absolute atomic E-state index is 13.8. The number of sulfonamides is 1. The fourth-order valence-electron chi connectivity index (χ4n) is 3.65. The zero-order valence-electron chi connectivity index (χ0n) is 18.0. The van der Waals surface area contributed by atoms with E-state index >= 15 is 0 Å². The van der Waals surface area contributed by atoms with Gasteiger partial charge < -0.3 is 0 Å². The van der Waals surface area contributed by atoms with Gasteiger partial charge in [0.1, 0.15) is 5.82 Å². The van der Waals surface area contributed by atoms with E-state index in [-0.39, 0.29) is 37.3 Å². The quantitative estimate of drug-likeness (QED) is 0.344. The average Bonchev–Trinajstić information content (AvgIpc) is 3.16. The van der Waals surface area contributed by atoms with Gasteiger partial charge in [0.2, 0.25) is 10.0 Å². The fraction of sp³-hybridized carbons (Fsp3) is 0.238. The molecule has 1 aliphatic heterocycles. The minimum absolute atomic E-state index is 0.0826. The molecule has 7 nitrogen and oxygen atoms in total. The maximum atomic E-state index is 13.8. The third-order valence-electron chi connectivity index (χ3n) is 5.11. The summed E-state index contributed by atoms with van der Waals surface area (Å²) in [5, 5.41) is 5.41. The first kappa shape index (κ1) is 25.4. The number of amides is 2. The number of nitrogens with zero attached hydrogens (tertiary/aromatic N) is 3. The van der Waals surface area contributed by atoms with Gasteiger partial charge in [0.05, 0.1) is 5.69 Å². The van der Waals surface area contributed by atoms with E-state index in [0.717, 1.165) is 29.5 Å². The zero-order valence-corrected chi connectivity index (χ0v) is 20.5. The summed E-state index contributed by atoms with van der Waals surface area (Å²) < 4.78 is 75.9. The highest BCUT2D eigenvalue weighted by atomic mass is 32.2. The number of urea groups is 1. The number of alkyl halides is 3. The summed E-state index contributed by atoms with van der Waals surface area (Å²) >= 11 is 0.477. The van der Waals surface area contributed by atoms with E-state index in [1.54, 1.807) is 12.1 Å². The number of thioether (sulfide) groups is 1. The first-order valence-electron chi connectivity index (χ1n) is 10.1. The Bertz CT molecular complexity index is 1380. The molecule has 1 saturated heterocycles. The SMILES string of the molecule is Cc1nc(N2CCCN(c3ccc(-c4cc(F)ccc4SC(F)(F)F)cc3)C2=O)sc1S(N)(=O)=O. The Kier molecular flexibility index (Phi) is 6.83. The maximum Gasteiger partial charge on any atom is 0.446 e. The summed E-state index contributed by atoms with van der Waals surface area (Å²) in [5.41, 5.74) is -3.42. The molecule has 14 heteroatoms. The van der Waals surface area contributed by atoms with Crippen LogP contribution in [0.5, 0.6) is 0 Å². The fourth-order valence-corrected chi connectivity index (χ4v) is 6.29. The zero-order chi connectivity index (χ0) is 25.5. The van der Waals surface area contributed by atoms with Crippen LogP contribution in [-0.2, 0) is 10.0 Å². The number of primary sulfonamides is 1. The van der Waals surface area contributed by atoms with Gasteiger partial charge in [-0.1, -0.05) is 23.5 Å². The molecule has 3 aromatic rings. The Hall–Kier alpha value is -2.68. The first-order valence-corrected chi connectivity index (χ1v) is 13.3. The van der Waals surface area contributed by atoms with Crippen LogP contribution in [0.25, 0.3) is 11.1 Å². The molecule has 2 aromatic carbocycles. The minimum atomic E-state index is -4.53. The third-order valence-corrected chi connectivity index (χ3v) is 8.66. The average molecular weight is 547 g/mol. The lowest BCUT2D eigenvalue weighted by Crippen LogP contribution is -2.49. The number of hydrogen-bond donors (Lipinski definition) is 1. The number of hydrogen-bond acceptors (Lipinski definition) is 6. The number of halogens is 4. The number of aromatic nitrogens is 1. The summed E-state index contributed by atoms with van der Waals surface area (Å²) in [5.74, 6) is -0.671. The Labute approximate surface area is 206 Å². The number of aryl methyl sites for hydroxylation is 1. The van der Waals surface area contributed by atoms with Gasteiger partial charge >= 0.3 is 11.5 Å². The molecule has 0 spiro atoms. The highest BCUT2D eigenvalue weighted by molar-refractivity contribution is 8.00. The Morgan fingerprint density at radius 3 is 2.34 bits per heavy atom. The number of anilines is 2. The topological polar surface area (TPSA) is 96.6 Å². The summed E-state index contributed by atoms with van der Waals surface area (Å²) in [6.45, 7) is 2.18. The van der Waals surface area contributed by atoms with Crippen LogP contribution in [0, 0.1) is 12.7 Å². The molecule has 0 aliphatic carbocycles. The summed E-state index contributed by atoms with van der Waals surface area (Å²) in [7, 11) is -3.98. The van der Waals surface area contributed by atoms with E-state index in [9.17, 15) is 30.8 Å². The molecule has 1 fully saturated rings. The van der Waals surface area contributed by atoms with Crippen molar-refractivity contribution in [1.29, 1.82) is 0 Å². The second-order valence-corrected chi connectivity index (χ2v) is 11.4. The van der Waals surface area contributed by atoms with E-state index in [1.165, 1.54) is 28.9 Å². The van der Waals surface area contributed by atoms with E-state index in [0.29, 0.717) is 30.8 Å². The summed E-state index contributed by atoms with van der Waals surface area (Å²) in [6.07, 6.45) is 0.563. The molecule has 0 unspecified atom stereocenters. The first-order chi connectivity index (χ1) is 16.3. The van der Waals surface area contributed by atoms with Gasteiger partial charge in [-0.15, -0.1) is 0 Å². The number of benzene rings is 2.